The van der Waals surface area contributed by atoms with Gasteiger partial charge < -0.3 is 9.84 Å². The van der Waals surface area contributed by atoms with Crippen molar-refractivity contribution in [1.29, 1.82) is 0 Å². The molecule has 3 heterocycles. The van der Waals surface area contributed by atoms with E-state index in [1.165, 1.54) is 49.0 Å². The number of aromatic nitrogens is 1. The van der Waals surface area contributed by atoms with Gasteiger partial charge >= 0.3 is 0 Å². The summed E-state index contributed by atoms with van der Waals surface area (Å²) in [5, 5.41) is 7.83. The molecule has 1 atom stereocenters. The smallest absolute Gasteiger partial charge is 0.228 e. The van der Waals surface area contributed by atoms with E-state index in [4.69, 9.17) is 4.52 Å². The van der Waals surface area contributed by atoms with Gasteiger partial charge in [-0.05, 0) is 44.2 Å². The molecular weight excluding hydrogens is 286 g/mol. The van der Waals surface area contributed by atoms with Gasteiger partial charge in [0.15, 0.2) is 0 Å². The predicted octanol–water partition coefficient (Wildman–Crippen LogP) is 3.80. The molecule has 0 bridgehead atoms. The van der Waals surface area contributed by atoms with Crippen LogP contribution in [0.2, 0.25) is 0 Å². The van der Waals surface area contributed by atoms with Crippen molar-refractivity contribution in [2.45, 2.75) is 44.6 Å². The zero-order chi connectivity index (χ0) is 15.5. The average molecular weight is 311 g/mol. The van der Waals surface area contributed by atoms with Gasteiger partial charge in [-0.15, -0.1) is 0 Å². The van der Waals surface area contributed by atoms with Crippen molar-refractivity contribution < 1.29 is 4.52 Å². The first kappa shape index (κ1) is 14.8. The predicted molar refractivity (Wildman–Crippen MR) is 91.6 cm³/mol. The Bertz CT molecular complexity index is 637. The number of fused-ring (bicyclic) bond motifs is 1. The second-order valence-corrected chi connectivity index (χ2v) is 6.82. The second kappa shape index (κ2) is 6.75. The normalized spacial score (nSPS) is 22.2. The molecule has 23 heavy (non-hydrogen) atoms. The van der Waals surface area contributed by atoms with Crippen molar-refractivity contribution in [2.75, 3.05) is 25.0 Å². The second-order valence-electron chi connectivity index (χ2n) is 6.82. The molecule has 4 nitrogen and oxygen atoms in total. The molecule has 1 fully saturated rings. The van der Waals surface area contributed by atoms with Crippen LogP contribution in [0.4, 0.5) is 5.88 Å². The highest BCUT2D eigenvalue weighted by atomic mass is 16.5. The lowest BCUT2D eigenvalue weighted by Crippen LogP contribution is -2.34. The Morgan fingerprint density at radius 1 is 1.17 bits per heavy atom. The van der Waals surface area contributed by atoms with E-state index < -0.39 is 0 Å². The fourth-order valence-electron chi connectivity index (χ4n) is 3.92. The third-order valence-corrected chi connectivity index (χ3v) is 5.10. The Balaban J connectivity index is 1.48. The monoisotopic (exact) mass is 311 g/mol. The van der Waals surface area contributed by atoms with E-state index in [9.17, 15) is 0 Å². The first-order valence-electron chi connectivity index (χ1n) is 8.89. The molecule has 0 aliphatic carbocycles. The summed E-state index contributed by atoms with van der Waals surface area (Å²) in [6, 6.07) is 10.8. The third-order valence-electron chi connectivity index (χ3n) is 5.10. The molecule has 0 radical (unpaired) electrons. The van der Waals surface area contributed by atoms with Crippen molar-refractivity contribution in [2.24, 2.45) is 0 Å². The Hall–Kier alpha value is -1.81. The molecule has 0 saturated carbocycles. The molecule has 2 aliphatic heterocycles. The largest absolute Gasteiger partial charge is 0.354 e. The molecule has 1 aromatic heterocycles. The number of nitrogens with zero attached hydrogens (tertiary/aromatic N) is 2. The summed E-state index contributed by atoms with van der Waals surface area (Å²) >= 11 is 0. The van der Waals surface area contributed by atoms with Gasteiger partial charge in [0.2, 0.25) is 5.88 Å². The van der Waals surface area contributed by atoms with Gasteiger partial charge in [0.25, 0.3) is 0 Å². The third kappa shape index (κ3) is 3.27. The zero-order valence-electron chi connectivity index (χ0n) is 13.6. The number of anilines is 1. The van der Waals surface area contributed by atoms with Gasteiger partial charge in [0.05, 0.1) is 5.69 Å². The minimum atomic E-state index is 0.514. The lowest BCUT2D eigenvalue weighted by Gasteiger charge is -2.32. The van der Waals surface area contributed by atoms with E-state index in [0.29, 0.717) is 5.92 Å². The first-order chi connectivity index (χ1) is 11.4. The van der Waals surface area contributed by atoms with Crippen LogP contribution in [0.25, 0.3) is 0 Å². The topological polar surface area (TPSA) is 41.3 Å². The first-order valence-corrected chi connectivity index (χ1v) is 8.89. The molecule has 1 aromatic carbocycles. The van der Waals surface area contributed by atoms with E-state index >= 15 is 0 Å². The van der Waals surface area contributed by atoms with Crippen molar-refractivity contribution >= 4 is 5.88 Å². The fourth-order valence-corrected chi connectivity index (χ4v) is 3.92. The van der Waals surface area contributed by atoms with Crippen LogP contribution in [0.3, 0.4) is 0 Å². The lowest BCUT2D eigenvalue weighted by atomic mass is 9.91. The maximum Gasteiger partial charge on any atom is 0.228 e. The molecule has 2 aromatic rings. The highest BCUT2D eigenvalue weighted by Crippen LogP contribution is 2.34. The summed E-state index contributed by atoms with van der Waals surface area (Å²) < 4.78 is 5.59. The van der Waals surface area contributed by atoms with E-state index in [1.807, 2.05) is 0 Å². The molecule has 1 saturated heterocycles. The summed E-state index contributed by atoms with van der Waals surface area (Å²) in [5.41, 5.74) is 3.95. The number of piperidine rings is 1. The zero-order valence-corrected chi connectivity index (χ0v) is 13.6. The molecule has 4 rings (SSSR count). The molecular formula is C19H25N3O. The van der Waals surface area contributed by atoms with Crippen LogP contribution < -0.4 is 5.32 Å². The Morgan fingerprint density at radius 3 is 3.00 bits per heavy atom. The summed E-state index contributed by atoms with van der Waals surface area (Å²) in [7, 11) is 0. The van der Waals surface area contributed by atoms with E-state index in [-0.39, 0.29) is 0 Å². The standard InChI is InChI=1S/C19H25N3O/c1-2-7-15(8-3-1)13-22-12-6-9-16(14-22)18-17-10-4-5-11-20-19(17)23-21-18/h1-3,7-8,16,20H,4-6,9-14H2. The molecule has 0 amide bonds. The number of hydrogen-bond acceptors (Lipinski definition) is 4. The molecule has 1 N–H and O–H groups in total. The SMILES string of the molecule is c1ccc(CN2CCCC(c3noc4c3CCCCN4)C2)cc1. The number of rotatable bonds is 3. The maximum absolute atomic E-state index is 5.59. The average Bonchev–Trinajstić information content (AvgIpc) is 2.85. The summed E-state index contributed by atoms with van der Waals surface area (Å²) in [6.07, 6.45) is 6.02. The Labute approximate surface area is 137 Å². The molecule has 0 spiro atoms. The van der Waals surface area contributed by atoms with E-state index in [0.717, 1.165) is 31.9 Å². The Morgan fingerprint density at radius 2 is 2.09 bits per heavy atom. The van der Waals surface area contributed by atoms with Crippen molar-refractivity contribution in [1.82, 2.24) is 10.1 Å². The molecule has 4 heteroatoms. The Kier molecular flexibility index (Phi) is 4.33. The molecule has 122 valence electrons. The van der Waals surface area contributed by atoms with Crippen molar-refractivity contribution in [3.63, 3.8) is 0 Å². The van der Waals surface area contributed by atoms with Crippen LogP contribution >= 0.6 is 0 Å². The maximum atomic E-state index is 5.59. The number of nitrogens with one attached hydrogen (secondary N) is 1. The minimum Gasteiger partial charge on any atom is -0.354 e. The van der Waals surface area contributed by atoms with Crippen LogP contribution in [0.15, 0.2) is 34.9 Å². The van der Waals surface area contributed by atoms with Crippen LogP contribution in [-0.4, -0.2) is 29.7 Å². The van der Waals surface area contributed by atoms with Crippen LogP contribution in [0, 0.1) is 0 Å². The van der Waals surface area contributed by atoms with Gasteiger partial charge in [-0.3, -0.25) is 4.90 Å². The fraction of sp³-hybridized carbons (Fsp3) is 0.526. The summed E-state index contributed by atoms with van der Waals surface area (Å²) in [4.78, 5) is 2.56. The van der Waals surface area contributed by atoms with Crippen LogP contribution in [-0.2, 0) is 13.0 Å². The number of benzene rings is 1. The number of likely N-dealkylation sites (tertiary alicyclic amines) is 1. The summed E-state index contributed by atoms with van der Waals surface area (Å²) in [5.74, 6) is 1.44. The van der Waals surface area contributed by atoms with Crippen molar-refractivity contribution in [3.8, 4) is 0 Å². The minimum absolute atomic E-state index is 0.514. The highest BCUT2D eigenvalue weighted by molar-refractivity contribution is 5.45. The van der Waals surface area contributed by atoms with Gasteiger partial charge in [-0.2, -0.15) is 0 Å². The van der Waals surface area contributed by atoms with Crippen molar-refractivity contribution in [3.05, 3.63) is 47.2 Å². The van der Waals surface area contributed by atoms with Crippen LogP contribution in [0.1, 0.15) is 48.4 Å². The lowest BCUT2D eigenvalue weighted by molar-refractivity contribution is 0.196. The number of hydrogen-bond donors (Lipinski definition) is 1. The molecule has 2 aliphatic rings. The molecule has 1 unspecified atom stereocenters. The highest BCUT2D eigenvalue weighted by Gasteiger charge is 2.28. The quantitative estimate of drug-likeness (QED) is 0.936. The van der Waals surface area contributed by atoms with E-state index in [2.05, 4.69) is 45.7 Å². The van der Waals surface area contributed by atoms with Gasteiger partial charge in [-0.25, -0.2) is 0 Å². The van der Waals surface area contributed by atoms with Crippen LogP contribution in [0.5, 0.6) is 0 Å². The van der Waals surface area contributed by atoms with Gasteiger partial charge in [0.1, 0.15) is 0 Å². The summed E-state index contributed by atoms with van der Waals surface area (Å²) in [6.45, 7) is 4.32. The van der Waals surface area contributed by atoms with Gasteiger partial charge in [0, 0.05) is 31.1 Å². The van der Waals surface area contributed by atoms with Gasteiger partial charge in [-0.1, -0.05) is 35.5 Å². The van der Waals surface area contributed by atoms with E-state index in [1.54, 1.807) is 0 Å².